The minimum absolute atomic E-state index is 0.0834. The number of benzene rings is 1. The number of halogens is 3. The van der Waals surface area contributed by atoms with Crippen LogP contribution >= 0.6 is 0 Å². The molecule has 0 aliphatic carbocycles. The summed E-state index contributed by atoms with van der Waals surface area (Å²) >= 11 is 0. The minimum Gasteiger partial charge on any atom is -0.481 e. The lowest BCUT2D eigenvalue weighted by molar-refractivity contribution is -0.274. The highest BCUT2D eigenvalue weighted by Gasteiger charge is 2.31. The summed E-state index contributed by atoms with van der Waals surface area (Å²) in [5.74, 6) is -1.96. The number of hydrogen-bond acceptors (Lipinski definition) is 3. The number of aliphatic carboxylic acids is 1. The average molecular weight is 319 g/mol. The van der Waals surface area contributed by atoms with Gasteiger partial charge in [-0.05, 0) is 31.5 Å². The molecule has 1 rings (SSSR count). The number of alkyl halides is 3. The zero-order chi connectivity index (χ0) is 17.0. The second-order valence-electron chi connectivity index (χ2n) is 5.34. The molecule has 0 spiro atoms. The van der Waals surface area contributed by atoms with Crippen LogP contribution in [0.3, 0.4) is 0 Å². The lowest BCUT2D eigenvalue weighted by atomic mass is 9.94. The predicted molar refractivity (Wildman–Crippen MR) is 71.3 cm³/mol. The first-order valence-corrected chi connectivity index (χ1v) is 6.34. The van der Waals surface area contributed by atoms with Crippen molar-refractivity contribution in [1.29, 1.82) is 0 Å². The SMILES string of the molecule is CC(C)(CNC(=O)Cc1cccc(OC(F)(F)F)c1)C(=O)O. The first-order valence-electron chi connectivity index (χ1n) is 6.34. The van der Waals surface area contributed by atoms with Crippen LogP contribution in [0.1, 0.15) is 19.4 Å². The normalized spacial score (nSPS) is 11.9. The quantitative estimate of drug-likeness (QED) is 0.844. The second-order valence-corrected chi connectivity index (χ2v) is 5.34. The van der Waals surface area contributed by atoms with Crippen molar-refractivity contribution >= 4 is 11.9 Å². The summed E-state index contributed by atoms with van der Waals surface area (Å²) in [7, 11) is 0. The molecule has 1 aromatic carbocycles. The summed E-state index contributed by atoms with van der Waals surface area (Å²) in [4.78, 5) is 22.6. The Kier molecular flexibility index (Phi) is 5.40. The number of nitrogens with one attached hydrogen (secondary N) is 1. The molecular formula is C14H16F3NO4. The summed E-state index contributed by atoms with van der Waals surface area (Å²) in [5, 5.41) is 11.4. The number of carboxylic acid groups (broad SMARTS) is 1. The largest absolute Gasteiger partial charge is 0.573 e. The van der Waals surface area contributed by atoms with Crippen molar-refractivity contribution in [1.82, 2.24) is 5.32 Å². The van der Waals surface area contributed by atoms with Crippen LogP contribution in [0.25, 0.3) is 0 Å². The number of carbonyl (C=O) groups excluding carboxylic acids is 1. The molecule has 0 unspecified atom stereocenters. The van der Waals surface area contributed by atoms with Crippen LogP contribution in [0, 0.1) is 5.41 Å². The first kappa shape index (κ1) is 17.8. The van der Waals surface area contributed by atoms with Crippen molar-refractivity contribution in [2.24, 2.45) is 5.41 Å². The van der Waals surface area contributed by atoms with Gasteiger partial charge < -0.3 is 15.2 Å². The Balaban J connectivity index is 2.62. The number of amides is 1. The van der Waals surface area contributed by atoms with Crippen LogP contribution in [-0.2, 0) is 16.0 Å². The van der Waals surface area contributed by atoms with E-state index in [1.807, 2.05) is 0 Å². The van der Waals surface area contributed by atoms with E-state index in [2.05, 4.69) is 10.1 Å². The van der Waals surface area contributed by atoms with Gasteiger partial charge >= 0.3 is 12.3 Å². The Morgan fingerprint density at radius 1 is 1.27 bits per heavy atom. The Hall–Kier alpha value is -2.25. The van der Waals surface area contributed by atoms with Crippen LogP contribution in [0.2, 0.25) is 0 Å². The third-order valence-corrected chi connectivity index (χ3v) is 2.80. The molecule has 0 aliphatic heterocycles. The van der Waals surface area contributed by atoms with Crippen LogP contribution in [0.5, 0.6) is 5.75 Å². The third kappa shape index (κ3) is 6.02. The lowest BCUT2D eigenvalue weighted by Gasteiger charge is -2.19. The van der Waals surface area contributed by atoms with E-state index in [0.29, 0.717) is 5.56 Å². The molecule has 0 aliphatic rings. The van der Waals surface area contributed by atoms with Gasteiger partial charge in [0.15, 0.2) is 0 Å². The standard InChI is InChI=1S/C14H16F3NO4/c1-13(2,12(20)21)8-18-11(19)7-9-4-3-5-10(6-9)22-14(15,16)17/h3-6H,7-8H2,1-2H3,(H,18,19)(H,20,21). The van der Waals surface area contributed by atoms with Crippen molar-refractivity contribution in [2.75, 3.05) is 6.54 Å². The lowest BCUT2D eigenvalue weighted by Crippen LogP contribution is -2.39. The fourth-order valence-corrected chi connectivity index (χ4v) is 1.50. The Labute approximate surface area is 125 Å². The molecular weight excluding hydrogens is 303 g/mol. The highest BCUT2D eigenvalue weighted by molar-refractivity contribution is 5.80. The van der Waals surface area contributed by atoms with E-state index < -0.39 is 29.4 Å². The smallest absolute Gasteiger partial charge is 0.481 e. The second kappa shape index (κ2) is 6.67. The maximum atomic E-state index is 12.1. The van der Waals surface area contributed by atoms with E-state index in [9.17, 15) is 22.8 Å². The molecule has 0 atom stereocenters. The highest BCUT2D eigenvalue weighted by Crippen LogP contribution is 2.23. The molecule has 1 amide bonds. The molecule has 1 aromatic rings. The summed E-state index contributed by atoms with van der Waals surface area (Å²) in [6, 6.07) is 5.05. The number of rotatable bonds is 6. The Morgan fingerprint density at radius 2 is 1.91 bits per heavy atom. The van der Waals surface area contributed by atoms with E-state index in [-0.39, 0.29) is 13.0 Å². The van der Waals surface area contributed by atoms with Crippen LogP contribution in [0.15, 0.2) is 24.3 Å². The first-order chi connectivity index (χ1) is 9.99. The maximum absolute atomic E-state index is 12.1. The van der Waals surface area contributed by atoms with Crippen molar-refractivity contribution in [2.45, 2.75) is 26.6 Å². The molecule has 0 aromatic heterocycles. The number of carboxylic acids is 1. The summed E-state index contributed by atoms with van der Waals surface area (Å²) in [5.41, 5.74) is -0.802. The average Bonchev–Trinajstić information content (AvgIpc) is 2.34. The van der Waals surface area contributed by atoms with Gasteiger partial charge in [-0.3, -0.25) is 9.59 Å². The fourth-order valence-electron chi connectivity index (χ4n) is 1.50. The Bertz CT molecular complexity index is 555. The van der Waals surface area contributed by atoms with E-state index in [0.717, 1.165) is 12.1 Å². The van der Waals surface area contributed by atoms with Gasteiger partial charge in [-0.2, -0.15) is 0 Å². The molecule has 8 heteroatoms. The molecule has 0 bridgehead atoms. The molecule has 2 N–H and O–H groups in total. The number of carbonyl (C=O) groups is 2. The van der Waals surface area contributed by atoms with E-state index in [4.69, 9.17) is 5.11 Å². The van der Waals surface area contributed by atoms with Gasteiger partial charge in [0.2, 0.25) is 5.91 Å². The van der Waals surface area contributed by atoms with E-state index in [1.165, 1.54) is 26.0 Å². The Morgan fingerprint density at radius 3 is 2.45 bits per heavy atom. The number of ether oxygens (including phenoxy) is 1. The summed E-state index contributed by atoms with van der Waals surface area (Å²) < 4.78 is 40.1. The van der Waals surface area contributed by atoms with Gasteiger partial charge in [-0.25, -0.2) is 0 Å². The van der Waals surface area contributed by atoms with Crippen molar-refractivity contribution in [3.05, 3.63) is 29.8 Å². The monoisotopic (exact) mass is 319 g/mol. The topological polar surface area (TPSA) is 75.6 Å². The predicted octanol–water partition coefficient (Wildman–Crippen LogP) is 2.35. The van der Waals surface area contributed by atoms with Gasteiger partial charge in [0.25, 0.3) is 0 Å². The molecule has 0 fully saturated rings. The molecule has 0 saturated heterocycles. The zero-order valence-corrected chi connectivity index (χ0v) is 12.0. The summed E-state index contributed by atoms with van der Waals surface area (Å²) in [6.07, 6.45) is -4.98. The van der Waals surface area contributed by atoms with Gasteiger partial charge in [0, 0.05) is 6.54 Å². The maximum Gasteiger partial charge on any atom is 0.573 e. The zero-order valence-electron chi connectivity index (χ0n) is 12.0. The van der Waals surface area contributed by atoms with Gasteiger partial charge in [-0.1, -0.05) is 12.1 Å². The molecule has 122 valence electrons. The van der Waals surface area contributed by atoms with Crippen molar-refractivity contribution in [3.8, 4) is 5.75 Å². The van der Waals surface area contributed by atoms with Crippen LogP contribution in [0.4, 0.5) is 13.2 Å². The molecule has 0 heterocycles. The molecule has 5 nitrogen and oxygen atoms in total. The van der Waals surface area contributed by atoms with Crippen LogP contribution < -0.4 is 10.1 Å². The van der Waals surface area contributed by atoms with Gasteiger partial charge in [-0.15, -0.1) is 13.2 Å². The van der Waals surface area contributed by atoms with Crippen molar-refractivity contribution in [3.63, 3.8) is 0 Å². The minimum atomic E-state index is -4.80. The third-order valence-electron chi connectivity index (χ3n) is 2.80. The summed E-state index contributed by atoms with van der Waals surface area (Å²) in [6.45, 7) is 2.82. The van der Waals surface area contributed by atoms with E-state index in [1.54, 1.807) is 0 Å². The van der Waals surface area contributed by atoms with Gasteiger partial charge in [0.1, 0.15) is 5.75 Å². The molecule has 0 radical (unpaired) electrons. The molecule has 0 saturated carbocycles. The van der Waals surface area contributed by atoms with Crippen LogP contribution in [-0.4, -0.2) is 29.9 Å². The van der Waals surface area contributed by atoms with E-state index >= 15 is 0 Å². The highest BCUT2D eigenvalue weighted by atomic mass is 19.4. The van der Waals surface area contributed by atoms with Gasteiger partial charge in [0.05, 0.1) is 11.8 Å². The molecule has 22 heavy (non-hydrogen) atoms. The number of hydrogen-bond donors (Lipinski definition) is 2. The fraction of sp³-hybridized carbons (Fsp3) is 0.429. The van der Waals surface area contributed by atoms with Crippen molar-refractivity contribution < 1.29 is 32.6 Å².